The van der Waals surface area contributed by atoms with Crippen LogP contribution >= 0.6 is 0 Å². The van der Waals surface area contributed by atoms with Gasteiger partial charge in [-0.3, -0.25) is 9.78 Å². The fraction of sp³-hybridized carbons (Fsp3) is 0.364. The molecule has 2 aliphatic rings. The molecule has 5 heterocycles. The van der Waals surface area contributed by atoms with Crippen LogP contribution in [0.4, 0.5) is 17.2 Å². The van der Waals surface area contributed by atoms with Gasteiger partial charge in [-0.2, -0.15) is 5.10 Å². The Morgan fingerprint density at radius 3 is 2.62 bits per heavy atom. The number of piperazine rings is 1. The highest BCUT2D eigenvalue weighted by molar-refractivity contribution is 6.04. The molecule has 0 saturated carbocycles. The van der Waals surface area contributed by atoms with Crippen molar-refractivity contribution in [3.63, 3.8) is 0 Å². The summed E-state index contributed by atoms with van der Waals surface area (Å²) in [6.07, 6.45) is 6.96. The average Bonchev–Trinajstić information content (AvgIpc) is 3.36. The van der Waals surface area contributed by atoms with Gasteiger partial charge in [0.2, 0.25) is 0 Å². The molecule has 0 radical (unpaired) electrons. The Labute approximate surface area is 186 Å². The number of aromatic nitrogens is 4. The maximum atomic E-state index is 12.9. The number of carbonyl (C=O) groups excluding carboxylic acids is 1. The molecule has 10 heteroatoms. The SMILES string of the molecule is O=C(Nc1cnccc1N1CCNCC1)c1ccn(-c2ccc(N3CCOCC3)nc2)n1. The number of morpholine rings is 1. The minimum atomic E-state index is -0.272. The van der Waals surface area contributed by atoms with Crippen molar-refractivity contribution in [2.24, 2.45) is 0 Å². The molecule has 0 spiro atoms. The fourth-order valence-corrected chi connectivity index (χ4v) is 3.93. The van der Waals surface area contributed by atoms with Gasteiger partial charge in [-0.1, -0.05) is 0 Å². The van der Waals surface area contributed by atoms with Crippen LogP contribution in [0.15, 0.2) is 49.1 Å². The number of amides is 1. The third kappa shape index (κ3) is 4.41. The highest BCUT2D eigenvalue weighted by Gasteiger charge is 2.18. The van der Waals surface area contributed by atoms with Crippen molar-refractivity contribution in [3.8, 4) is 5.69 Å². The van der Waals surface area contributed by atoms with Crippen molar-refractivity contribution < 1.29 is 9.53 Å². The van der Waals surface area contributed by atoms with E-state index in [0.717, 1.165) is 56.5 Å². The minimum Gasteiger partial charge on any atom is -0.378 e. The van der Waals surface area contributed by atoms with Gasteiger partial charge in [0.05, 0.1) is 42.7 Å². The molecule has 0 aliphatic carbocycles. The third-order valence-corrected chi connectivity index (χ3v) is 5.66. The van der Waals surface area contributed by atoms with Crippen LogP contribution < -0.4 is 20.4 Å². The Balaban J connectivity index is 1.28. The molecule has 0 atom stereocenters. The van der Waals surface area contributed by atoms with Crippen LogP contribution in [0.3, 0.4) is 0 Å². The predicted octanol–water partition coefficient (Wildman–Crippen LogP) is 1.16. The third-order valence-electron chi connectivity index (χ3n) is 5.66. The van der Waals surface area contributed by atoms with E-state index in [4.69, 9.17) is 4.74 Å². The van der Waals surface area contributed by atoms with Crippen molar-refractivity contribution in [1.82, 2.24) is 25.1 Å². The summed E-state index contributed by atoms with van der Waals surface area (Å²) in [7, 11) is 0. The lowest BCUT2D eigenvalue weighted by Gasteiger charge is -2.30. The van der Waals surface area contributed by atoms with Gasteiger partial charge < -0.3 is 25.2 Å². The lowest BCUT2D eigenvalue weighted by Crippen LogP contribution is -2.43. The number of carbonyl (C=O) groups is 1. The quantitative estimate of drug-likeness (QED) is 0.617. The highest BCUT2D eigenvalue weighted by Crippen LogP contribution is 2.25. The molecule has 2 N–H and O–H groups in total. The van der Waals surface area contributed by atoms with E-state index in [0.29, 0.717) is 24.6 Å². The maximum absolute atomic E-state index is 12.9. The number of ether oxygens (including phenoxy) is 1. The first kappa shape index (κ1) is 20.4. The van der Waals surface area contributed by atoms with Gasteiger partial charge in [-0.25, -0.2) is 9.67 Å². The Morgan fingerprint density at radius 1 is 1.00 bits per heavy atom. The molecular formula is C22H26N8O2. The van der Waals surface area contributed by atoms with Gasteiger partial charge in [-0.15, -0.1) is 0 Å². The Hall–Kier alpha value is -3.50. The molecule has 3 aromatic heterocycles. The first-order chi connectivity index (χ1) is 15.8. The van der Waals surface area contributed by atoms with E-state index in [1.807, 2.05) is 18.2 Å². The molecule has 1 amide bonds. The van der Waals surface area contributed by atoms with Crippen LogP contribution in [0, 0.1) is 0 Å². The summed E-state index contributed by atoms with van der Waals surface area (Å²) >= 11 is 0. The summed E-state index contributed by atoms with van der Waals surface area (Å²) in [4.78, 5) is 26.1. The van der Waals surface area contributed by atoms with Crippen molar-refractivity contribution in [2.45, 2.75) is 0 Å². The summed E-state index contributed by atoms with van der Waals surface area (Å²) in [5, 5.41) is 10.8. The number of hydrogen-bond donors (Lipinski definition) is 2. The van der Waals surface area contributed by atoms with Crippen LogP contribution in [0.5, 0.6) is 0 Å². The summed E-state index contributed by atoms with van der Waals surface area (Å²) in [5.74, 6) is 0.644. The molecule has 0 aromatic carbocycles. The van der Waals surface area contributed by atoms with Gasteiger partial charge in [0.25, 0.3) is 5.91 Å². The number of rotatable bonds is 5. The van der Waals surface area contributed by atoms with Gasteiger partial charge in [0.1, 0.15) is 5.82 Å². The molecule has 3 aromatic rings. The molecule has 5 rings (SSSR count). The summed E-state index contributed by atoms with van der Waals surface area (Å²) in [5.41, 5.74) is 2.78. The number of nitrogens with one attached hydrogen (secondary N) is 2. The standard InChI is InChI=1S/C22H26N8O2/c31-22(26-19-16-24-5-3-20(19)28-9-6-23-7-10-28)18-4-8-30(27-18)17-1-2-21(25-15-17)29-11-13-32-14-12-29/h1-5,8,15-16,23H,6-7,9-14H2,(H,26,31). The van der Waals surface area contributed by atoms with Crippen LogP contribution in [-0.2, 0) is 4.74 Å². The van der Waals surface area contributed by atoms with E-state index in [2.05, 4.69) is 35.5 Å². The second kappa shape index (κ2) is 9.33. The fourth-order valence-electron chi connectivity index (χ4n) is 3.93. The van der Waals surface area contributed by atoms with Crippen LogP contribution in [0.2, 0.25) is 0 Å². The van der Waals surface area contributed by atoms with E-state index >= 15 is 0 Å². The van der Waals surface area contributed by atoms with E-state index < -0.39 is 0 Å². The molecule has 2 aliphatic heterocycles. The van der Waals surface area contributed by atoms with E-state index in [1.54, 1.807) is 35.5 Å². The van der Waals surface area contributed by atoms with Crippen LogP contribution in [-0.4, -0.2) is 78.1 Å². The predicted molar refractivity (Wildman–Crippen MR) is 122 cm³/mol. The van der Waals surface area contributed by atoms with Crippen molar-refractivity contribution in [1.29, 1.82) is 0 Å². The minimum absolute atomic E-state index is 0.272. The number of nitrogens with zero attached hydrogens (tertiary/aromatic N) is 6. The summed E-state index contributed by atoms with van der Waals surface area (Å²) in [6.45, 7) is 6.70. The molecule has 2 fully saturated rings. The molecule has 166 valence electrons. The Kier molecular flexibility index (Phi) is 5.95. The molecule has 10 nitrogen and oxygen atoms in total. The highest BCUT2D eigenvalue weighted by atomic mass is 16.5. The first-order valence-corrected chi connectivity index (χ1v) is 10.8. The maximum Gasteiger partial charge on any atom is 0.276 e. The van der Waals surface area contributed by atoms with E-state index in [1.165, 1.54) is 0 Å². The number of pyridine rings is 2. The van der Waals surface area contributed by atoms with Crippen LogP contribution in [0.25, 0.3) is 5.69 Å². The molecule has 0 unspecified atom stereocenters. The van der Waals surface area contributed by atoms with E-state index in [9.17, 15) is 4.79 Å². The smallest absolute Gasteiger partial charge is 0.276 e. The van der Waals surface area contributed by atoms with Gasteiger partial charge >= 0.3 is 0 Å². The van der Waals surface area contributed by atoms with Crippen molar-refractivity contribution in [2.75, 3.05) is 67.6 Å². The Morgan fingerprint density at radius 2 is 1.84 bits per heavy atom. The second-order valence-electron chi connectivity index (χ2n) is 7.70. The average molecular weight is 435 g/mol. The second-order valence-corrected chi connectivity index (χ2v) is 7.70. The van der Waals surface area contributed by atoms with Crippen molar-refractivity contribution >= 4 is 23.1 Å². The number of hydrogen-bond acceptors (Lipinski definition) is 8. The molecule has 0 bridgehead atoms. The molecule has 2 saturated heterocycles. The summed E-state index contributed by atoms with van der Waals surface area (Å²) in [6, 6.07) is 7.56. The number of anilines is 3. The van der Waals surface area contributed by atoms with Gasteiger partial charge in [0, 0.05) is 51.7 Å². The van der Waals surface area contributed by atoms with Crippen molar-refractivity contribution in [3.05, 3.63) is 54.7 Å². The summed E-state index contributed by atoms with van der Waals surface area (Å²) < 4.78 is 7.05. The lowest BCUT2D eigenvalue weighted by atomic mass is 10.2. The van der Waals surface area contributed by atoms with Crippen LogP contribution in [0.1, 0.15) is 10.5 Å². The normalized spacial score (nSPS) is 16.8. The van der Waals surface area contributed by atoms with Gasteiger partial charge in [-0.05, 0) is 24.3 Å². The largest absolute Gasteiger partial charge is 0.378 e. The first-order valence-electron chi connectivity index (χ1n) is 10.8. The zero-order valence-electron chi connectivity index (χ0n) is 17.8. The zero-order valence-corrected chi connectivity index (χ0v) is 17.8. The topological polar surface area (TPSA) is 100 Å². The van der Waals surface area contributed by atoms with E-state index in [-0.39, 0.29) is 5.91 Å². The monoisotopic (exact) mass is 434 g/mol. The lowest BCUT2D eigenvalue weighted by molar-refractivity contribution is 0.102. The molecule has 32 heavy (non-hydrogen) atoms. The van der Waals surface area contributed by atoms with Gasteiger partial charge in [0.15, 0.2) is 5.69 Å². The zero-order chi connectivity index (χ0) is 21.8. The Bertz CT molecular complexity index is 1060. The molecular weight excluding hydrogens is 408 g/mol.